The first kappa shape index (κ1) is 33.5. The van der Waals surface area contributed by atoms with E-state index < -0.39 is 0 Å². The molecule has 0 aliphatic carbocycles. The highest BCUT2D eigenvalue weighted by atomic mass is 32.2. The normalized spacial score (nSPS) is 14.5. The molecule has 0 spiro atoms. The van der Waals surface area contributed by atoms with Gasteiger partial charge >= 0.3 is 0 Å². The zero-order valence-corrected chi connectivity index (χ0v) is 29.1. The van der Waals surface area contributed by atoms with Gasteiger partial charge in [-0.3, -0.25) is 4.79 Å². The van der Waals surface area contributed by atoms with Crippen molar-refractivity contribution < 1.29 is 9.53 Å². The Morgan fingerprint density at radius 3 is 2.46 bits per heavy atom. The number of ether oxygens (including phenoxy) is 1. The van der Waals surface area contributed by atoms with Crippen molar-refractivity contribution in [2.75, 3.05) is 41.8 Å². The molecule has 1 fully saturated rings. The Labute approximate surface area is 277 Å². The first-order chi connectivity index (χ1) is 22.0. The monoisotopic (exact) mass is 641 g/mol. The summed E-state index contributed by atoms with van der Waals surface area (Å²) in [7, 11) is 1.61. The molecule has 0 bridgehead atoms. The number of rotatable bonds is 10. The van der Waals surface area contributed by atoms with E-state index in [4.69, 9.17) is 9.72 Å². The van der Waals surface area contributed by atoms with Crippen molar-refractivity contribution >= 4 is 51.8 Å². The molecule has 2 aromatic carbocycles. The molecule has 1 amide bonds. The van der Waals surface area contributed by atoms with E-state index in [0.717, 1.165) is 58.7 Å². The lowest BCUT2D eigenvalue weighted by Gasteiger charge is -2.34. The Morgan fingerprint density at radius 1 is 1.04 bits per heavy atom. The number of anilines is 4. The first-order valence-corrected chi connectivity index (χ1v) is 17.2. The SMILES string of the molecule is COc1c(NSC)cc(C(C)(C)C)cc1NC(=O)c1ccc(C)c(Nc2ncnc3ccc(CC4CCN(C(C)C)CC4)nc23)c1. The van der Waals surface area contributed by atoms with Gasteiger partial charge in [-0.2, -0.15) is 0 Å². The van der Waals surface area contributed by atoms with Crippen LogP contribution in [0.15, 0.2) is 48.8 Å². The maximum absolute atomic E-state index is 13.7. The lowest BCUT2D eigenvalue weighted by Crippen LogP contribution is -2.38. The molecule has 1 aliphatic rings. The number of nitrogens with one attached hydrogen (secondary N) is 3. The molecule has 0 atom stereocenters. The number of fused-ring (bicyclic) bond motifs is 1. The van der Waals surface area contributed by atoms with Crippen molar-refractivity contribution in [2.45, 2.75) is 72.3 Å². The number of aryl methyl sites for hydroxylation is 1. The Bertz CT molecular complexity index is 1690. The van der Waals surface area contributed by atoms with E-state index in [9.17, 15) is 4.79 Å². The Morgan fingerprint density at radius 2 is 1.78 bits per heavy atom. The van der Waals surface area contributed by atoms with E-state index in [-0.39, 0.29) is 11.3 Å². The summed E-state index contributed by atoms with van der Waals surface area (Å²) in [5, 5.41) is 6.57. The molecule has 2 aromatic heterocycles. The molecule has 0 radical (unpaired) electrons. The third-order valence-corrected chi connectivity index (χ3v) is 9.21. The molecule has 9 nitrogen and oxygen atoms in total. The molecule has 0 saturated carbocycles. The smallest absolute Gasteiger partial charge is 0.255 e. The quantitative estimate of drug-likeness (QED) is 0.149. The summed E-state index contributed by atoms with van der Waals surface area (Å²) in [4.78, 5) is 30.3. The van der Waals surface area contributed by atoms with Crippen molar-refractivity contribution in [1.29, 1.82) is 0 Å². The molecule has 244 valence electrons. The van der Waals surface area contributed by atoms with Gasteiger partial charge in [0.15, 0.2) is 11.6 Å². The van der Waals surface area contributed by atoms with E-state index in [1.54, 1.807) is 13.4 Å². The van der Waals surface area contributed by atoms with Gasteiger partial charge in [-0.25, -0.2) is 15.0 Å². The van der Waals surface area contributed by atoms with Gasteiger partial charge in [0, 0.05) is 29.2 Å². The Hall–Kier alpha value is -3.89. The molecule has 4 aromatic rings. The van der Waals surface area contributed by atoms with E-state index in [1.807, 2.05) is 43.5 Å². The van der Waals surface area contributed by atoms with Crippen LogP contribution in [0.2, 0.25) is 0 Å². The zero-order chi connectivity index (χ0) is 33.0. The summed E-state index contributed by atoms with van der Waals surface area (Å²) in [6.45, 7) is 15.3. The Balaban J connectivity index is 1.39. The van der Waals surface area contributed by atoms with E-state index in [0.29, 0.717) is 34.8 Å². The average molecular weight is 642 g/mol. The number of aromatic nitrogens is 3. The predicted octanol–water partition coefficient (Wildman–Crippen LogP) is 7.99. The predicted molar refractivity (Wildman–Crippen MR) is 192 cm³/mol. The fourth-order valence-electron chi connectivity index (χ4n) is 5.94. The van der Waals surface area contributed by atoms with Crippen molar-refractivity contribution in [3.8, 4) is 5.75 Å². The van der Waals surface area contributed by atoms with Crippen LogP contribution in [0.5, 0.6) is 5.75 Å². The summed E-state index contributed by atoms with van der Waals surface area (Å²) < 4.78 is 9.04. The molecule has 3 heterocycles. The van der Waals surface area contributed by atoms with E-state index >= 15 is 0 Å². The minimum absolute atomic E-state index is 0.124. The van der Waals surface area contributed by atoms with Gasteiger partial charge in [0.25, 0.3) is 5.91 Å². The highest BCUT2D eigenvalue weighted by molar-refractivity contribution is 7.99. The molecule has 46 heavy (non-hydrogen) atoms. The second kappa shape index (κ2) is 14.3. The number of methoxy groups -OCH3 is 1. The van der Waals surface area contributed by atoms with Gasteiger partial charge < -0.3 is 25.0 Å². The van der Waals surface area contributed by atoms with Crippen LogP contribution in [0.25, 0.3) is 11.0 Å². The number of benzene rings is 2. The van der Waals surface area contributed by atoms with Crippen LogP contribution in [0, 0.1) is 12.8 Å². The number of hydrogen-bond acceptors (Lipinski definition) is 9. The van der Waals surface area contributed by atoms with Crippen molar-refractivity contribution in [2.24, 2.45) is 5.92 Å². The van der Waals surface area contributed by atoms with Crippen molar-refractivity contribution in [3.63, 3.8) is 0 Å². The summed E-state index contributed by atoms with van der Waals surface area (Å²) in [6.07, 6.45) is 6.82. The van der Waals surface area contributed by atoms with Crippen LogP contribution in [-0.4, -0.2) is 58.3 Å². The largest absolute Gasteiger partial charge is 0.492 e. The molecular weight excluding hydrogens is 595 g/mol. The van der Waals surface area contributed by atoms with Gasteiger partial charge in [-0.1, -0.05) is 38.8 Å². The zero-order valence-electron chi connectivity index (χ0n) is 28.3. The minimum atomic E-state index is -0.237. The summed E-state index contributed by atoms with van der Waals surface area (Å²) >= 11 is 1.47. The molecule has 0 unspecified atom stereocenters. The van der Waals surface area contributed by atoms with Gasteiger partial charge in [0.05, 0.1) is 24.0 Å². The van der Waals surface area contributed by atoms with Gasteiger partial charge in [0.1, 0.15) is 11.8 Å². The van der Waals surface area contributed by atoms with Crippen LogP contribution in [0.1, 0.15) is 74.6 Å². The molecule has 10 heteroatoms. The second-order valence-electron chi connectivity index (χ2n) is 13.4. The van der Waals surface area contributed by atoms with E-state index in [1.165, 1.54) is 24.8 Å². The Kier molecular flexibility index (Phi) is 10.4. The molecule has 3 N–H and O–H groups in total. The third-order valence-electron chi connectivity index (χ3n) is 8.79. The standard InChI is InChI=1S/C36H47N7O2S/c1-22(2)43-15-13-24(14-16-43)17-27-11-12-28-32(39-27)34(38-21-37-28)40-29-18-25(10-9-23(29)3)35(44)41-30-19-26(36(4,5)6)20-31(42-46-8)33(30)45-7/h9-12,18-22,24,42H,13-17H2,1-8H3,(H,41,44)(H,37,38,40). The third kappa shape index (κ3) is 7.73. The highest BCUT2D eigenvalue weighted by Gasteiger charge is 2.23. The van der Waals surface area contributed by atoms with Gasteiger partial charge in [-0.15, -0.1) is 0 Å². The summed E-state index contributed by atoms with van der Waals surface area (Å²) in [5.74, 6) is 1.59. The molecular formula is C36H47N7O2S. The fraction of sp³-hybridized carbons (Fsp3) is 0.444. The van der Waals surface area contributed by atoms with Gasteiger partial charge in [-0.05, 0) is 112 Å². The van der Waals surface area contributed by atoms with Gasteiger partial charge in [0.2, 0.25) is 0 Å². The maximum atomic E-state index is 13.7. The topological polar surface area (TPSA) is 104 Å². The average Bonchev–Trinajstić information content (AvgIpc) is 3.02. The van der Waals surface area contributed by atoms with Crippen LogP contribution < -0.4 is 20.1 Å². The second-order valence-corrected chi connectivity index (χ2v) is 14.1. The lowest BCUT2D eigenvalue weighted by molar-refractivity contribution is 0.102. The summed E-state index contributed by atoms with van der Waals surface area (Å²) in [6, 6.07) is 14.4. The molecule has 5 rings (SSSR count). The van der Waals surface area contributed by atoms with Crippen LogP contribution in [0.3, 0.4) is 0 Å². The highest BCUT2D eigenvalue weighted by Crippen LogP contribution is 2.40. The van der Waals surface area contributed by atoms with Crippen molar-refractivity contribution in [3.05, 3.63) is 71.2 Å². The number of nitrogens with zero attached hydrogens (tertiary/aromatic N) is 4. The number of amides is 1. The van der Waals surface area contributed by atoms with Crippen LogP contribution in [-0.2, 0) is 11.8 Å². The number of piperidine rings is 1. The van der Waals surface area contributed by atoms with E-state index in [2.05, 4.69) is 77.0 Å². The summed E-state index contributed by atoms with van der Waals surface area (Å²) in [5.41, 5.74) is 7.21. The number of carbonyl (C=O) groups excluding carboxylic acids is 1. The maximum Gasteiger partial charge on any atom is 0.255 e. The van der Waals surface area contributed by atoms with Crippen molar-refractivity contribution in [1.82, 2.24) is 19.9 Å². The molecule has 1 aliphatic heterocycles. The number of likely N-dealkylation sites (tertiary alicyclic amines) is 1. The van der Waals surface area contributed by atoms with Crippen LogP contribution >= 0.6 is 11.9 Å². The fourth-order valence-corrected chi connectivity index (χ4v) is 6.31. The molecule has 1 saturated heterocycles. The van der Waals surface area contributed by atoms with Crippen LogP contribution in [0.4, 0.5) is 22.9 Å². The lowest BCUT2D eigenvalue weighted by atomic mass is 9.86. The number of pyridine rings is 1. The minimum Gasteiger partial charge on any atom is -0.492 e. The number of hydrogen-bond donors (Lipinski definition) is 3. The first-order valence-electron chi connectivity index (χ1n) is 16.0. The number of carbonyl (C=O) groups is 1.